The Morgan fingerprint density at radius 1 is 1.24 bits per heavy atom. The molecule has 0 bridgehead atoms. The SMILES string of the molecule is Cc1cscc1CNCc1ccc(Br)cc1Cl. The highest BCUT2D eigenvalue weighted by Crippen LogP contribution is 2.21. The molecule has 2 rings (SSSR count). The van der Waals surface area contributed by atoms with Crippen LogP contribution >= 0.6 is 38.9 Å². The van der Waals surface area contributed by atoms with Crippen LogP contribution in [0.15, 0.2) is 33.4 Å². The van der Waals surface area contributed by atoms with E-state index in [2.05, 4.69) is 38.9 Å². The first kappa shape index (κ1) is 13.1. The van der Waals surface area contributed by atoms with E-state index in [9.17, 15) is 0 Å². The average molecular weight is 331 g/mol. The second-order valence-electron chi connectivity index (χ2n) is 3.92. The van der Waals surface area contributed by atoms with Gasteiger partial charge in [0.05, 0.1) is 0 Å². The maximum Gasteiger partial charge on any atom is 0.0462 e. The summed E-state index contributed by atoms with van der Waals surface area (Å²) in [4.78, 5) is 0. The maximum atomic E-state index is 6.15. The smallest absolute Gasteiger partial charge is 0.0462 e. The van der Waals surface area contributed by atoms with Gasteiger partial charge in [-0.2, -0.15) is 11.3 Å². The van der Waals surface area contributed by atoms with Crippen LogP contribution in [0.3, 0.4) is 0 Å². The summed E-state index contributed by atoms with van der Waals surface area (Å²) < 4.78 is 1.01. The lowest BCUT2D eigenvalue weighted by atomic mass is 10.2. The van der Waals surface area contributed by atoms with Crippen molar-refractivity contribution in [1.82, 2.24) is 5.32 Å². The molecule has 0 saturated heterocycles. The first-order valence-electron chi connectivity index (χ1n) is 5.33. The number of halogens is 2. The van der Waals surface area contributed by atoms with Crippen LogP contribution in [0.4, 0.5) is 0 Å². The summed E-state index contributed by atoms with van der Waals surface area (Å²) in [7, 11) is 0. The predicted molar refractivity (Wildman–Crippen MR) is 78.8 cm³/mol. The zero-order valence-electron chi connectivity index (χ0n) is 9.47. The van der Waals surface area contributed by atoms with Crippen LogP contribution in [0, 0.1) is 6.92 Å². The minimum Gasteiger partial charge on any atom is -0.309 e. The summed E-state index contributed by atoms with van der Waals surface area (Å²) in [6.07, 6.45) is 0. The van der Waals surface area contributed by atoms with Crippen LogP contribution in [0.2, 0.25) is 5.02 Å². The van der Waals surface area contributed by atoms with E-state index in [4.69, 9.17) is 11.6 Å². The maximum absolute atomic E-state index is 6.15. The molecule has 0 aliphatic rings. The number of rotatable bonds is 4. The van der Waals surface area contributed by atoms with Crippen LogP contribution in [0.5, 0.6) is 0 Å². The fourth-order valence-electron chi connectivity index (χ4n) is 1.56. The van der Waals surface area contributed by atoms with E-state index in [0.29, 0.717) is 0 Å². The number of thiophene rings is 1. The van der Waals surface area contributed by atoms with Crippen molar-refractivity contribution in [3.63, 3.8) is 0 Å². The van der Waals surface area contributed by atoms with E-state index >= 15 is 0 Å². The highest BCUT2D eigenvalue weighted by atomic mass is 79.9. The lowest BCUT2D eigenvalue weighted by Gasteiger charge is -2.07. The summed E-state index contributed by atoms with van der Waals surface area (Å²) in [6.45, 7) is 3.82. The number of nitrogens with one attached hydrogen (secondary N) is 1. The van der Waals surface area contributed by atoms with Crippen molar-refractivity contribution >= 4 is 38.9 Å². The third-order valence-corrected chi connectivity index (χ3v) is 4.36. The molecule has 0 aliphatic heterocycles. The van der Waals surface area contributed by atoms with Crippen molar-refractivity contribution in [2.45, 2.75) is 20.0 Å². The monoisotopic (exact) mass is 329 g/mol. The Morgan fingerprint density at radius 2 is 2.00 bits per heavy atom. The first-order valence-corrected chi connectivity index (χ1v) is 7.44. The quantitative estimate of drug-likeness (QED) is 0.852. The molecule has 0 spiro atoms. The molecule has 0 saturated carbocycles. The summed E-state index contributed by atoms with van der Waals surface area (Å²) in [6, 6.07) is 5.98. The molecule has 2 aromatic rings. The topological polar surface area (TPSA) is 12.0 Å². The Bertz CT molecular complexity index is 510. The van der Waals surface area contributed by atoms with Crippen LogP contribution in [-0.2, 0) is 13.1 Å². The van der Waals surface area contributed by atoms with Gasteiger partial charge in [0.1, 0.15) is 0 Å². The van der Waals surface area contributed by atoms with Crippen molar-refractivity contribution < 1.29 is 0 Å². The van der Waals surface area contributed by atoms with Crippen LogP contribution < -0.4 is 5.32 Å². The molecule has 1 aromatic carbocycles. The van der Waals surface area contributed by atoms with Crippen molar-refractivity contribution in [1.29, 1.82) is 0 Å². The zero-order valence-corrected chi connectivity index (χ0v) is 12.6. The van der Waals surface area contributed by atoms with E-state index in [1.165, 1.54) is 11.1 Å². The molecule has 90 valence electrons. The van der Waals surface area contributed by atoms with Crippen molar-refractivity contribution in [3.05, 3.63) is 55.1 Å². The van der Waals surface area contributed by atoms with Gasteiger partial charge in [-0.1, -0.05) is 33.6 Å². The normalized spacial score (nSPS) is 10.8. The lowest BCUT2D eigenvalue weighted by molar-refractivity contribution is 0.692. The van der Waals surface area contributed by atoms with Gasteiger partial charge in [-0.25, -0.2) is 0 Å². The third-order valence-electron chi connectivity index (χ3n) is 2.61. The second-order valence-corrected chi connectivity index (χ2v) is 5.99. The Kier molecular flexibility index (Phi) is 4.62. The van der Waals surface area contributed by atoms with Gasteiger partial charge in [0.25, 0.3) is 0 Å². The molecule has 0 unspecified atom stereocenters. The molecule has 0 fully saturated rings. The summed E-state index contributed by atoms with van der Waals surface area (Å²) >= 11 is 11.3. The Balaban J connectivity index is 1.92. The molecule has 4 heteroatoms. The molecule has 1 N–H and O–H groups in total. The molecule has 1 heterocycles. The molecular weight excluding hydrogens is 318 g/mol. The fraction of sp³-hybridized carbons (Fsp3) is 0.231. The van der Waals surface area contributed by atoms with Gasteiger partial charge in [-0.05, 0) is 46.5 Å². The fourth-order valence-corrected chi connectivity index (χ4v) is 3.16. The molecule has 0 radical (unpaired) electrons. The molecule has 0 amide bonds. The number of benzene rings is 1. The van der Waals surface area contributed by atoms with Crippen LogP contribution in [0.25, 0.3) is 0 Å². The Morgan fingerprint density at radius 3 is 2.65 bits per heavy atom. The van der Waals surface area contributed by atoms with Crippen LogP contribution in [0.1, 0.15) is 16.7 Å². The van der Waals surface area contributed by atoms with E-state index in [-0.39, 0.29) is 0 Å². The third kappa shape index (κ3) is 3.55. The van der Waals surface area contributed by atoms with Gasteiger partial charge in [0, 0.05) is 22.6 Å². The second kappa shape index (κ2) is 6.01. The molecule has 0 aliphatic carbocycles. The summed E-state index contributed by atoms with van der Waals surface area (Å²) in [5.74, 6) is 0. The van der Waals surface area contributed by atoms with E-state index in [1.807, 2.05) is 18.2 Å². The predicted octanol–water partition coefficient (Wildman–Crippen LogP) is 4.76. The van der Waals surface area contributed by atoms with Gasteiger partial charge in [-0.15, -0.1) is 0 Å². The summed E-state index contributed by atoms with van der Waals surface area (Å²) in [5.41, 5.74) is 3.84. The Labute approximate surface area is 119 Å². The van der Waals surface area contributed by atoms with Crippen molar-refractivity contribution in [3.8, 4) is 0 Å². The van der Waals surface area contributed by atoms with Gasteiger partial charge in [0.2, 0.25) is 0 Å². The molecule has 0 atom stereocenters. The van der Waals surface area contributed by atoms with E-state index < -0.39 is 0 Å². The van der Waals surface area contributed by atoms with E-state index in [0.717, 1.165) is 28.1 Å². The Hall–Kier alpha value is -0.350. The molecule has 17 heavy (non-hydrogen) atoms. The van der Waals surface area contributed by atoms with E-state index in [1.54, 1.807) is 11.3 Å². The zero-order chi connectivity index (χ0) is 12.3. The van der Waals surface area contributed by atoms with Gasteiger partial charge in [0.15, 0.2) is 0 Å². The minimum atomic E-state index is 0.793. The first-order chi connectivity index (χ1) is 8.16. The number of hydrogen-bond donors (Lipinski definition) is 1. The highest BCUT2D eigenvalue weighted by Gasteiger charge is 2.02. The van der Waals surface area contributed by atoms with Crippen LogP contribution in [-0.4, -0.2) is 0 Å². The highest BCUT2D eigenvalue weighted by molar-refractivity contribution is 9.10. The molecular formula is C13H13BrClNS. The summed E-state index contributed by atoms with van der Waals surface area (Å²) in [5, 5.41) is 8.57. The number of hydrogen-bond acceptors (Lipinski definition) is 2. The largest absolute Gasteiger partial charge is 0.309 e. The minimum absolute atomic E-state index is 0.793. The number of aryl methyl sites for hydroxylation is 1. The van der Waals surface area contributed by atoms with Gasteiger partial charge < -0.3 is 5.32 Å². The van der Waals surface area contributed by atoms with Crippen molar-refractivity contribution in [2.24, 2.45) is 0 Å². The standard InChI is InChI=1S/C13H13BrClNS/c1-9-7-17-8-11(9)6-16-5-10-2-3-12(14)4-13(10)15/h2-4,7-8,16H,5-6H2,1H3. The lowest BCUT2D eigenvalue weighted by Crippen LogP contribution is -2.13. The van der Waals surface area contributed by atoms with Gasteiger partial charge in [-0.3, -0.25) is 0 Å². The van der Waals surface area contributed by atoms with Gasteiger partial charge >= 0.3 is 0 Å². The molecule has 1 nitrogen and oxygen atoms in total. The van der Waals surface area contributed by atoms with Crippen molar-refractivity contribution in [2.75, 3.05) is 0 Å². The average Bonchev–Trinajstić information content (AvgIpc) is 2.68. The molecule has 1 aromatic heterocycles.